The molecule has 154 valence electrons. The normalized spacial score (nSPS) is 17.4. The molecule has 0 spiro atoms. The van der Waals surface area contributed by atoms with Crippen LogP contribution in [0.1, 0.15) is 41.6 Å². The Bertz CT molecular complexity index is 984. The summed E-state index contributed by atoms with van der Waals surface area (Å²) in [7, 11) is -3.73. The van der Waals surface area contributed by atoms with E-state index in [2.05, 4.69) is 6.58 Å². The Hall–Kier alpha value is -2.15. The summed E-state index contributed by atoms with van der Waals surface area (Å²) in [5.74, 6) is -0.792. The number of carboxylic acids is 1. The number of halogens is 1. The summed E-state index contributed by atoms with van der Waals surface area (Å²) in [5, 5.41) is 9.55. The summed E-state index contributed by atoms with van der Waals surface area (Å²) in [6.45, 7) is 4.64. The van der Waals surface area contributed by atoms with Gasteiger partial charge >= 0.3 is 5.97 Å². The third kappa shape index (κ3) is 5.47. The lowest BCUT2D eigenvalue weighted by Gasteiger charge is -2.30. The zero-order chi connectivity index (χ0) is 21.0. The second kappa shape index (κ2) is 9.11. The minimum absolute atomic E-state index is 0.171. The van der Waals surface area contributed by atoms with E-state index in [4.69, 9.17) is 16.7 Å². The van der Waals surface area contributed by atoms with Crippen LogP contribution in [0.2, 0.25) is 5.02 Å². The van der Waals surface area contributed by atoms with Gasteiger partial charge in [-0.25, -0.2) is 13.2 Å². The van der Waals surface area contributed by atoms with Gasteiger partial charge in [0.15, 0.2) is 0 Å². The third-order valence-electron chi connectivity index (χ3n) is 5.19. The van der Waals surface area contributed by atoms with Gasteiger partial charge in [0.1, 0.15) is 0 Å². The Morgan fingerprint density at radius 2 is 1.79 bits per heavy atom. The number of hydrogen-bond donors (Lipinski definition) is 1. The number of aromatic carboxylic acids is 1. The molecule has 1 N–H and O–H groups in total. The fourth-order valence-corrected chi connectivity index (χ4v) is 5.29. The van der Waals surface area contributed by atoms with Crippen molar-refractivity contribution in [1.82, 2.24) is 4.31 Å². The molecule has 2 aromatic rings. The Balaban J connectivity index is 1.88. The van der Waals surface area contributed by atoms with Crippen LogP contribution >= 0.6 is 11.6 Å². The fourth-order valence-electron chi connectivity index (χ4n) is 3.66. The van der Waals surface area contributed by atoms with Gasteiger partial charge in [0, 0.05) is 18.1 Å². The van der Waals surface area contributed by atoms with Crippen LogP contribution in [-0.2, 0) is 16.6 Å². The molecule has 29 heavy (non-hydrogen) atoms. The molecule has 0 radical (unpaired) electrons. The van der Waals surface area contributed by atoms with E-state index in [1.54, 1.807) is 24.3 Å². The lowest BCUT2D eigenvalue weighted by atomic mass is 9.86. The smallest absolute Gasteiger partial charge is 0.335 e. The number of hydrogen-bond acceptors (Lipinski definition) is 3. The zero-order valence-corrected chi connectivity index (χ0v) is 17.6. The molecule has 3 rings (SSSR count). The van der Waals surface area contributed by atoms with Crippen molar-refractivity contribution in [3.05, 3.63) is 76.8 Å². The van der Waals surface area contributed by atoms with Crippen molar-refractivity contribution in [2.24, 2.45) is 5.92 Å². The minimum atomic E-state index is -3.73. The van der Waals surface area contributed by atoms with E-state index in [0.29, 0.717) is 11.6 Å². The molecular weight excluding hydrogens is 410 g/mol. The molecule has 2 aromatic carbocycles. The van der Waals surface area contributed by atoms with E-state index in [-0.39, 0.29) is 22.9 Å². The quantitative estimate of drug-likeness (QED) is 0.625. The third-order valence-corrected chi connectivity index (χ3v) is 7.27. The number of allylic oxidation sites excluding steroid dienone is 1. The number of rotatable bonds is 7. The molecule has 1 atom stereocenters. The Morgan fingerprint density at radius 1 is 1.14 bits per heavy atom. The molecule has 0 saturated heterocycles. The Kier molecular flexibility index (Phi) is 6.77. The van der Waals surface area contributed by atoms with E-state index in [1.807, 2.05) is 0 Å². The maximum absolute atomic E-state index is 13.3. The van der Waals surface area contributed by atoms with Gasteiger partial charge in [-0.3, -0.25) is 0 Å². The van der Waals surface area contributed by atoms with Crippen molar-refractivity contribution in [3.63, 3.8) is 0 Å². The molecule has 1 aliphatic carbocycles. The van der Waals surface area contributed by atoms with Crippen molar-refractivity contribution in [2.45, 2.75) is 37.1 Å². The Morgan fingerprint density at radius 3 is 2.38 bits per heavy atom. The summed E-state index contributed by atoms with van der Waals surface area (Å²) in [6.07, 6.45) is 3.80. The van der Waals surface area contributed by atoms with Gasteiger partial charge in [-0.2, -0.15) is 4.31 Å². The molecule has 0 aliphatic heterocycles. The molecule has 0 aromatic heterocycles. The van der Waals surface area contributed by atoms with Crippen LogP contribution in [0.5, 0.6) is 0 Å². The molecule has 0 bridgehead atoms. The molecule has 1 saturated carbocycles. The topological polar surface area (TPSA) is 74.7 Å². The molecule has 7 heteroatoms. The van der Waals surface area contributed by atoms with Gasteiger partial charge in [0.05, 0.1) is 10.5 Å². The van der Waals surface area contributed by atoms with Crippen molar-refractivity contribution in [3.8, 4) is 0 Å². The van der Waals surface area contributed by atoms with E-state index in [0.717, 1.165) is 36.8 Å². The van der Waals surface area contributed by atoms with Gasteiger partial charge in [0.2, 0.25) is 10.0 Å². The molecule has 1 fully saturated rings. The van der Waals surface area contributed by atoms with Crippen LogP contribution in [0.25, 0.3) is 0 Å². The number of benzene rings is 2. The molecule has 1 unspecified atom stereocenters. The van der Waals surface area contributed by atoms with E-state index in [1.165, 1.54) is 28.6 Å². The van der Waals surface area contributed by atoms with Crippen molar-refractivity contribution in [2.75, 3.05) is 6.54 Å². The largest absolute Gasteiger partial charge is 0.478 e. The minimum Gasteiger partial charge on any atom is -0.478 e. The van der Waals surface area contributed by atoms with Crippen molar-refractivity contribution < 1.29 is 18.3 Å². The zero-order valence-electron chi connectivity index (χ0n) is 16.1. The Labute approximate surface area is 176 Å². The van der Waals surface area contributed by atoms with Gasteiger partial charge in [0.25, 0.3) is 0 Å². The lowest BCUT2D eigenvalue weighted by Crippen LogP contribution is -2.35. The summed E-state index contributed by atoms with van der Waals surface area (Å²) < 4.78 is 28.2. The number of carbonyl (C=O) groups is 1. The maximum Gasteiger partial charge on any atom is 0.335 e. The number of nitrogens with zero attached hydrogens (tertiary/aromatic N) is 1. The van der Waals surface area contributed by atoms with Crippen LogP contribution in [0.15, 0.2) is 65.6 Å². The van der Waals surface area contributed by atoms with Gasteiger partial charge in [-0.15, -0.1) is 0 Å². The average Bonchev–Trinajstić information content (AvgIpc) is 2.68. The van der Waals surface area contributed by atoms with Crippen LogP contribution in [-0.4, -0.2) is 30.3 Å². The van der Waals surface area contributed by atoms with Crippen molar-refractivity contribution in [1.29, 1.82) is 0 Å². The molecular formula is C22H24ClNO4S. The van der Waals surface area contributed by atoms with Gasteiger partial charge < -0.3 is 5.11 Å². The average molecular weight is 434 g/mol. The highest BCUT2D eigenvalue weighted by molar-refractivity contribution is 7.89. The van der Waals surface area contributed by atoms with Gasteiger partial charge in [-0.05, 0) is 73.6 Å². The van der Waals surface area contributed by atoms with Crippen LogP contribution in [0, 0.1) is 5.92 Å². The standard InChI is InChI=1S/C22H24ClNO4S/c1-16-3-2-4-18(13-16)15-24(14-17-5-7-19(8-6-17)22(25)26)29(27,28)21-11-9-20(23)10-12-21/h5-12,18H,1-4,13-15H2,(H,25,26). The summed E-state index contributed by atoms with van der Waals surface area (Å²) in [6, 6.07) is 12.5. The van der Waals surface area contributed by atoms with E-state index in [9.17, 15) is 13.2 Å². The first-order valence-electron chi connectivity index (χ1n) is 9.50. The van der Waals surface area contributed by atoms with Crippen LogP contribution in [0.4, 0.5) is 0 Å². The number of sulfonamides is 1. The highest BCUT2D eigenvalue weighted by atomic mass is 35.5. The molecule has 0 heterocycles. The highest BCUT2D eigenvalue weighted by Gasteiger charge is 2.28. The second-order valence-electron chi connectivity index (χ2n) is 7.47. The fraction of sp³-hybridized carbons (Fsp3) is 0.318. The van der Waals surface area contributed by atoms with Crippen molar-refractivity contribution >= 4 is 27.6 Å². The highest BCUT2D eigenvalue weighted by Crippen LogP contribution is 2.30. The summed E-state index contributed by atoms with van der Waals surface area (Å²) >= 11 is 5.92. The SMILES string of the molecule is C=C1CCCC(CN(Cc2ccc(C(=O)O)cc2)S(=O)(=O)c2ccc(Cl)cc2)C1. The first-order valence-corrected chi connectivity index (χ1v) is 11.3. The van der Waals surface area contributed by atoms with E-state index >= 15 is 0 Å². The first kappa shape index (κ1) is 21.6. The van der Waals surface area contributed by atoms with Crippen LogP contribution in [0.3, 0.4) is 0 Å². The molecule has 5 nitrogen and oxygen atoms in total. The molecule has 1 aliphatic rings. The second-order valence-corrected chi connectivity index (χ2v) is 9.84. The monoisotopic (exact) mass is 433 g/mol. The predicted octanol–water partition coefficient (Wildman–Crippen LogP) is 4.98. The first-order chi connectivity index (χ1) is 13.8. The van der Waals surface area contributed by atoms with E-state index < -0.39 is 16.0 Å². The summed E-state index contributed by atoms with van der Waals surface area (Å²) in [5.41, 5.74) is 2.07. The lowest BCUT2D eigenvalue weighted by molar-refractivity contribution is 0.0697. The maximum atomic E-state index is 13.3. The number of carboxylic acid groups (broad SMARTS) is 1. The van der Waals surface area contributed by atoms with Gasteiger partial charge in [-0.1, -0.05) is 35.9 Å². The molecule has 0 amide bonds. The summed E-state index contributed by atoms with van der Waals surface area (Å²) in [4.78, 5) is 11.3. The van der Waals surface area contributed by atoms with Crippen LogP contribution < -0.4 is 0 Å². The predicted molar refractivity (Wildman–Crippen MR) is 114 cm³/mol.